The number of hydrogen-bond donors (Lipinski definition) is 0. The molecule has 0 amide bonds. The Bertz CT molecular complexity index is 813. The summed E-state index contributed by atoms with van der Waals surface area (Å²) in [5.41, 5.74) is 1.51. The van der Waals surface area contributed by atoms with E-state index in [0.29, 0.717) is 17.8 Å². The predicted octanol–water partition coefficient (Wildman–Crippen LogP) is 3.48. The van der Waals surface area contributed by atoms with Gasteiger partial charge in [0.1, 0.15) is 18.6 Å². The number of esters is 1. The van der Waals surface area contributed by atoms with Gasteiger partial charge in [-0.15, -0.1) is 0 Å². The Balaban J connectivity index is 1.42. The van der Waals surface area contributed by atoms with Gasteiger partial charge in [0.05, 0.1) is 12.7 Å². The molecular weight excluding hydrogens is 368 g/mol. The fraction of sp³-hybridized carbons (Fsp3) is 0.875. The van der Waals surface area contributed by atoms with Gasteiger partial charge < -0.3 is 14.2 Å². The number of carbonyl (C=O) groups is 1. The maximum atomic E-state index is 12.1. The average Bonchev–Trinajstić information content (AvgIpc) is 3.19. The van der Waals surface area contributed by atoms with Gasteiger partial charge in [-0.1, -0.05) is 19.9 Å². The summed E-state index contributed by atoms with van der Waals surface area (Å²) in [6, 6.07) is 0. The van der Waals surface area contributed by atoms with Crippen LogP contribution in [0.2, 0.25) is 0 Å². The smallest absolute Gasteiger partial charge is 0.303 e. The van der Waals surface area contributed by atoms with Crippen LogP contribution in [0.3, 0.4) is 0 Å². The van der Waals surface area contributed by atoms with Gasteiger partial charge in [0, 0.05) is 29.7 Å². The van der Waals surface area contributed by atoms with Crippen molar-refractivity contribution in [1.82, 2.24) is 4.90 Å². The molecule has 9 aliphatic rings. The molecule has 158 valence electrons. The van der Waals surface area contributed by atoms with Crippen LogP contribution in [0.25, 0.3) is 0 Å². The standard InChI is InChI=1S/C24H33NO4/c1-13-15-5-8-24(19(13)28-14(2)26)17(11-15)23-7-4-6-22(3)16(23)12-18(24)29-21(23)25-9-10-27-20(22)25/h15-21H,1,4-12H2,2-3H3/t15-,16+,17-,18+,19-,20?,21-,22+,23-,24+/m0/s1/i9+1,25+1. The van der Waals surface area contributed by atoms with E-state index in [1.807, 2.05) is 0 Å². The second kappa shape index (κ2) is 5.28. The van der Waals surface area contributed by atoms with Crippen LogP contribution in [0.4, 0.5) is 0 Å². The van der Waals surface area contributed by atoms with E-state index < -0.39 is 0 Å². The first-order valence-corrected chi connectivity index (χ1v) is 11.8. The predicted molar refractivity (Wildman–Crippen MR) is 106 cm³/mol. The molecular formula is C24H33NO4. The summed E-state index contributed by atoms with van der Waals surface area (Å²) in [5, 5.41) is 0. The highest BCUT2D eigenvalue weighted by Gasteiger charge is 2.81. The number of carbonyl (C=O) groups excluding carboxylic acids is 1. The van der Waals surface area contributed by atoms with Crippen molar-refractivity contribution in [3.8, 4) is 0 Å². The van der Waals surface area contributed by atoms with Crippen LogP contribution in [0.15, 0.2) is 12.2 Å². The van der Waals surface area contributed by atoms with E-state index in [4.69, 9.17) is 14.2 Å². The molecule has 9 rings (SSSR count). The Kier molecular flexibility index (Phi) is 3.23. The van der Waals surface area contributed by atoms with Gasteiger partial charge in [-0.3, -0.25) is 4.79 Å². The Morgan fingerprint density at radius 2 is 2.03 bits per heavy atom. The Labute approximate surface area is 173 Å². The summed E-state index contributed by atoms with van der Waals surface area (Å²) in [6.07, 6.45) is 8.86. The Morgan fingerprint density at radius 1 is 1.17 bits per heavy atom. The third-order valence-corrected chi connectivity index (χ3v) is 10.7. The Morgan fingerprint density at radius 3 is 2.86 bits per heavy atom. The molecule has 0 aromatic heterocycles. The summed E-state index contributed by atoms with van der Waals surface area (Å²) >= 11 is 0. The maximum Gasteiger partial charge on any atom is 0.303 e. The highest BCUT2D eigenvalue weighted by molar-refractivity contribution is 5.67. The highest BCUT2D eigenvalue weighted by atomic mass is 16.6. The number of nitrogens with zero attached hydrogens (tertiary/aromatic N) is 1. The minimum absolute atomic E-state index is 0.0594. The van der Waals surface area contributed by atoms with E-state index in [1.54, 1.807) is 6.92 Å². The van der Waals surface area contributed by atoms with Gasteiger partial charge >= 0.3 is 5.97 Å². The van der Waals surface area contributed by atoms with Crippen molar-refractivity contribution in [2.24, 2.45) is 34.0 Å². The molecule has 4 heterocycles. The zero-order chi connectivity index (χ0) is 19.8. The zero-order valence-electron chi connectivity index (χ0n) is 17.7. The first-order chi connectivity index (χ1) is 13.9. The van der Waals surface area contributed by atoms with Crippen LogP contribution in [0, 0.1) is 34.0 Å². The largest absolute Gasteiger partial charge is 0.457 e. The quantitative estimate of drug-likeness (QED) is 0.291. The van der Waals surface area contributed by atoms with Crippen LogP contribution < -0.4 is 0 Å². The molecule has 0 radical (unpaired) electrons. The molecule has 5 saturated carbocycles. The molecule has 5 nitrogen and oxygen atoms in total. The molecule has 7 bridgehead atoms. The highest BCUT2D eigenvalue weighted by Crippen LogP contribution is 2.79. The molecule has 0 aromatic rings. The van der Waals surface area contributed by atoms with Crippen LogP contribution >= 0.6 is 0 Å². The van der Waals surface area contributed by atoms with Crippen molar-refractivity contribution in [1.29, 1.82) is 0 Å². The zero-order valence-corrected chi connectivity index (χ0v) is 17.7. The van der Waals surface area contributed by atoms with Gasteiger partial charge in [-0.2, -0.15) is 0 Å². The normalized spacial score (nSPS) is 59.4. The monoisotopic (exact) mass is 401 g/mol. The van der Waals surface area contributed by atoms with Crippen molar-refractivity contribution >= 4 is 5.97 Å². The van der Waals surface area contributed by atoms with Crippen LogP contribution in [0.5, 0.6) is 0 Å². The molecule has 29 heavy (non-hydrogen) atoms. The van der Waals surface area contributed by atoms with Gasteiger partial charge in [0.25, 0.3) is 0 Å². The van der Waals surface area contributed by atoms with Gasteiger partial charge in [-0.05, 0) is 61.9 Å². The third kappa shape index (κ3) is 1.74. The summed E-state index contributed by atoms with van der Waals surface area (Å²) in [7, 11) is 0. The minimum atomic E-state index is -0.169. The summed E-state index contributed by atoms with van der Waals surface area (Å²) in [6.45, 7) is 10.3. The molecule has 9 fully saturated rings. The van der Waals surface area contributed by atoms with E-state index in [0.717, 1.165) is 26.0 Å². The Hall–Kier alpha value is -0.910. The summed E-state index contributed by atoms with van der Waals surface area (Å²) in [5.74, 6) is 1.57. The van der Waals surface area contributed by atoms with Crippen LogP contribution in [0.1, 0.15) is 58.8 Å². The topological polar surface area (TPSA) is 48.0 Å². The van der Waals surface area contributed by atoms with E-state index in [-0.39, 0.29) is 46.9 Å². The molecule has 1 unspecified atom stereocenters. The molecule has 2 spiro atoms. The molecule has 4 saturated heterocycles. The third-order valence-electron chi connectivity index (χ3n) is 10.7. The fourth-order valence-corrected chi connectivity index (χ4v) is 10.0. The lowest BCUT2D eigenvalue weighted by molar-refractivity contribution is -0.422. The summed E-state index contributed by atoms with van der Waals surface area (Å²) in [4.78, 5) is 14.7. The molecule has 5 aliphatic carbocycles. The molecule has 4 aliphatic heterocycles. The first-order valence-electron chi connectivity index (χ1n) is 11.8. The van der Waals surface area contributed by atoms with E-state index in [9.17, 15) is 4.79 Å². The maximum absolute atomic E-state index is 12.1. The molecule has 0 aromatic carbocycles. The van der Waals surface area contributed by atoms with E-state index in [2.05, 4.69) is 18.4 Å². The van der Waals surface area contributed by atoms with Crippen molar-refractivity contribution in [2.45, 2.75) is 83.5 Å². The van der Waals surface area contributed by atoms with Crippen molar-refractivity contribution in [3.05, 3.63) is 12.2 Å². The van der Waals surface area contributed by atoms with E-state index in [1.165, 1.54) is 37.7 Å². The molecule has 5 heteroatoms. The van der Waals surface area contributed by atoms with Crippen molar-refractivity contribution in [2.75, 3.05) is 13.2 Å². The van der Waals surface area contributed by atoms with Gasteiger partial charge in [0.15, 0.2) is 0 Å². The van der Waals surface area contributed by atoms with Crippen LogP contribution in [-0.4, -0.2) is 48.7 Å². The first kappa shape index (κ1) is 17.7. The second-order valence-electron chi connectivity index (χ2n) is 11.4. The number of fused-ring (bicyclic) bond motifs is 4. The lowest BCUT2D eigenvalue weighted by Crippen LogP contribution is -2.83. The van der Waals surface area contributed by atoms with Crippen molar-refractivity contribution < 1.29 is 19.0 Å². The van der Waals surface area contributed by atoms with Gasteiger partial charge in [-0.25, -0.2) is 4.90 Å². The number of ether oxygens (including phenoxy) is 3. The summed E-state index contributed by atoms with van der Waals surface area (Å²) < 4.78 is 19.5. The fourth-order valence-electron chi connectivity index (χ4n) is 10.0. The second-order valence-corrected chi connectivity index (χ2v) is 11.4. The number of hydrogen-bond acceptors (Lipinski definition) is 5. The SMILES string of the molecule is C=C1[C@H]2CC[C@]3([C@@H](C2)[C@@]24CCC[C@@]5(C)C6OC[13CH2][15N]6[C@H]2O[C@@H]3C[C@@H]45)[C@H]1OC(C)=O. The molecule has 10 atom stereocenters. The van der Waals surface area contributed by atoms with E-state index >= 15 is 0 Å². The average molecular weight is 402 g/mol. The lowest BCUT2D eigenvalue weighted by Gasteiger charge is -2.80. The van der Waals surface area contributed by atoms with Crippen molar-refractivity contribution in [3.63, 3.8) is 0 Å². The van der Waals surface area contributed by atoms with Crippen LogP contribution in [-0.2, 0) is 19.0 Å². The molecule has 0 N–H and O–H groups in total. The number of rotatable bonds is 1. The van der Waals surface area contributed by atoms with Gasteiger partial charge in [0.2, 0.25) is 0 Å². The lowest BCUT2D eigenvalue weighted by atomic mass is 9.32. The minimum Gasteiger partial charge on any atom is -0.457 e. The number of piperidine rings is 1.